The first-order valence-corrected chi connectivity index (χ1v) is 6.30. The molecule has 1 aromatic rings. The van der Waals surface area contributed by atoms with Crippen LogP contribution < -0.4 is 4.74 Å². The van der Waals surface area contributed by atoms with Gasteiger partial charge in [0.05, 0.1) is 19.3 Å². The molecule has 0 saturated carbocycles. The third kappa shape index (κ3) is 3.45. The summed E-state index contributed by atoms with van der Waals surface area (Å²) in [5.74, 6) is 1.02. The summed E-state index contributed by atoms with van der Waals surface area (Å²) in [7, 11) is 0. The van der Waals surface area contributed by atoms with Crippen LogP contribution in [-0.4, -0.2) is 31.0 Å². The topological polar surface area (TPSA) is 38.7 Å². The van der Waals surface area contributed by atoms with Crippen LogP contribution in [0.5, 0.6) is 5.75 Å². The van der Waals surface area contributed by atoms with E-state index in [9.17, 15) is 5.11 Å². The van der Waals surface area contributed by atoms with E-state index in [1.54, 1.807) is 0 Å². The summed E-state index contributed by atoms with van der Waals surface area (Å²) in [5, 5.41) is 9.69. The average molecular weight is 236 g/mol. The van der Waals surface area contributed by atoms with E-state index >= 15 is 0 Å². The number of aliphatic hydroxyl groups is 1. The smallest absolute Gasteiger partial charge is 0.122 e. The van der Waals surface area contributed by atoms with Crippen molar-refractivity contribution in [2.75, 3.05) is 19.8 Å². The third-order valence-electron chi connectivity index (χ3n) is 3.03. The lowest BCUT2D eigenvalue weighted by Crippen LogP contribution is -2.16. The highest BCUT2D eigenvalue weighted by atomic mass is 16.5. The maximum atomic E-state index is 9.69. The Morgan fingerprint density at radius 2 is 2.35 bits per heavy atom. The van der Waals surface area contributed by atoms with Crippen LogP contribution in [-0.2, 0) is 17.6 Å². The summed E-state index contributed by atoms with van der Waals surface area (Å²) in [4.78, 5) is 0. The van der Waals surface area contributed by atoms with Gasteiger partial charge in [-0.15, -0.1) is 0 Å². The van der Waals surface area contributed by atoms with Crippen molar-refractivity contribution in [2.45, 2.75) is 32.3 Å². The molecule has 0 saturated heterocycles. The van der Waals surface area contributed by atoms with Crippen LogP contribution in [0.3, 0.4) is 0 Å². The molecule has 1 aliphatic rings. The van der Waals surface area contributed by atoms with Gasteiger partial charge in [0.25, 0.3) is 0 Å². The number of benzene rings is 1. The Bertz CT molecular complexity index is 362. The van der Waals surface area contributed by atoms with E-state index < -0.39 is 0 Å². The molecule has 1 unspecified atom stereocenters. The number of aryl methyl sites for hydroxylation is 1. The Hall–Kier alpha value is -1.06. The Morgan fingerprint density at radius 3 is 3.18 bits per heavy atom. The molecule has 17 heavy (non-hydrogen) atoms. The van der Waals surface area contributed by atoms with Crippen LogP contribution in [0.4, 0.5) is 0 Å². The van der Waals surface area contributed by atoms with Crippen LogP contribution in [0.1, 0.15) is 24.5 Å². The van der Waals surface area contributed by atoms with E-state index in [1.807, 2.05) is 13.0 Å². The molecule has 1 heterocycles. The van der Waals surface area contributed by atoms with Gasteiger partial charge >= 0.3 is 0 Å². The molecular weight excluding hydrogens is 216 g/mol. The molecule has 0 aromatic heterocycles. The van der Waals surface area contributed by atoms with Crippen molar-refractivity contribution in [2.24, 2.45) is 0 Å². The highest BCUT2D eigenvalue weighted by Crippen LogP contribution is 2.26. The molecule has 3 nitrogen and oxygen atoms in total. The van der Waals surface area contributed by atoms with Gasteiger partial charge in [0.1, 0.15) is 5.75 Å². The zero-order valence-corrected chi connectivity index (χ0v) is 10.3. The second-order valence-electron chi connectivity index (χ2n) is 4.39. The van der Waals surface area contributed by atoms with E-state index in [-0.39, 0.29) is 6.10 Å². The van der Waals surface area contributed by atoms with Gasteiger partial charge in [-0.1, -0.05) is 12.1 Å². The van der Waals surface area contributed by atoms with Gasteiger partial charge in [-0.2, -0.15) is 0 Å². The maximum Gasteiger partial charge on any atom is 0.122 e. The minimum Gasteiger partial charge on any atom is -0.493 e. The minimum atomic E-state index is -0.362. The van der Waals surface area contributed by atoms with Crippen molar-refractivity contribution in [3.05, 3.63) is 29.3 Å². The number of fused-ring (bicyclic) bond motifs is 1. The largest absolute Gasteiger partial charge is 0.493 e. The highest BCUT2D eigenvalue weighted by Gasteiger charge is 2.12. The van der Waals surface area contributed by atoms with Crippen molar-refractivity contribution in [1.29, 1.82) is 0 Å². The summed E-state index contributed by atoms with van der Waals surface area (Å²) in [5.41, 5.74) is 2.56. The zero-order chi connectivity index (χ0) is 12.1. The van der Waals surface area contributed by atoms with Crippen LogP contribution >= 0.6 is 0 Å². The van der Waals surface area contributed by atoms with E-state index in [4.69, 9.17) is 9.47 Å². The Labute approximate surface area is 102 Å². The predicted octanol–water partition coefficient (Wildman–Crippen LogP) is 1.95. The Balaban J connectivity index is 1.83. The first-order chi connectivity index (χ1) is 8.29. The molecule has 1 N–H and O–H groups in total. The van der Waals surface area contributed by atoms with Crippen LogP contribution in [0.2, 0.25) is 0 Å². The number of ether oxygens (including phenoxy) is 2. The summed E-state index contributed by atoms with van der Waals surface area (Å²) in [6.07, 6.45) is 2.28. The second kappa shape index (κ2) is 6.03. The molecule has 0 spiro atoms. The van der Waals surface area contributed by atoms with Crippen molar-refractivity contribution in [3.8, 4) is 5.75 Å². The van der Waals surface area contributed by atoms with Gasteiger partial charge < -0.3 is 14.6 Å². The molecule has 94 valence electrons. The standard InChI is InChI=1S/C14H20O3/c1-2-16-10-13(15)5-3-11-4-6-14-12(9-11)7-8-17-14/h4,6,9,13,15H,2-3,5,7-8,10H2,1H3. The van der Waals surface area contributed by atoms with E-state index in [0.29, 0.717) is 13.2 Å². The molecule has 1 aliphatic heterocycles. The zero-order valence-electron chi connectivity index (χ0n) is 10.3. The van der Waals surface area contributed by atoms with Gasteiger partial charge in [0.2, 0.25) is 0 Å². The number of hydrogen-bond acceptors (Lipinski definition) is 3. The summed E-state index contributed by atoms with van der Waals surface area (Å²) < 4.78 is 10.7. The van der Waals surface area contributed by atoms with Gasteiger partial charge in [0.15, 0.2) is 0 Å². The highest BCUT2D eigenvalue weighted by molar-refractivity contribution is 5.39. The predicted molar refractivity (Wildman–Crippen MR) is 66.5 cm³/mol. The molecule has 2 rings (SSSR count). The molecule has 0 radical (unpaired) electrons. The van der Waals surface area contributed by atoms with Crippen LogP contribution in [0, 0.1) is 0 Å². The van der Waals surface area contributed by atoms with Crippen molar-refractivity contribution in [1.82, 2.24) is 0 Å². The van der Waals surface area contributed by atoms with Crippen LogP contribution in [0.15, 0.2) is 18.2 Å². The fraction of sp³-hybridized carbons (Fsp3) is 0.571. The van der Waals surface area contributed by atoms with Crippen molar-refractivity contribution in [3.63, 3.8) is 0 Å². The van der Waals surface area contributed by atoms with Gasteiger partial charge in [0, 0.05) is 13.0 Å². The molecule has 0 aliphatic carbocycles. The maximum absolute atomic E-state index is 9.69. The van der Waals surface area contributed by atoms with Gasteiger partial charge in [-0.25, -0.2) is 0 Å². The average Bonchev–Trinajstić information content (AvgIpc) is 2.81. The first kappa shape index (κ1) is 12.4. The molecule has 0 bridgehead atoms. The molecular formula is C14H20O3. The van der Waals surface area contributed by atoms with Crippen molar-refractivity contribution < 1.29 is 14.6 Å². The van der Waals surface area contributed by atoms with Gasteiger partial charge in [-0.3, -0.25) is 0 Å². The number of hydrogen-bond donors (Lipinski definition) is 1. The van der Waals surface area contributed by atoms with Crippen LogP contribution in [0.25, 0.3) is 0 Å². The monoisotopic (exact) mass is 236 g/mol. The molecule has 1 aromatic carbocycles. The molecule has 0 amide bonds. The summed E-state index contributed by atoms with van der Waals surface area (Å²) >= 11 is 0. The van der Waals surface area contributed by atoms with E-state index in [2.05, 4.69) is 12.1 Å². The van der Waals surface area contributed by atoms with Gasteiger partial charge in [-0.05, 0) is 37.0 Å². The molecule has 1 atom stereocenters. The fourth-order valence-corrected chi connectivity index (χ4v) is 2.07. The summed E-state index contributed by atoms with van der Waals surface area (Å²) in [6.45, 7) is 3.83. The lowest BCUT2D eigenvalue weighted by Gasteiger charge is -2.10. The lowest BCUT2D eigenvalue weighted by atomic mass is 10.0. The summed E-state index contributed by atoms with van der Waals surface area (Å²) in [6, 6.07) is 6.31. The van der Waals surface area contributed by atoms with Crippen molar-refractivity contribution >= 4 is 0 Å². The Morgan fingerprint density at radius 1 is 1.47 bits per heavy atom. The molecule has 3 heteroatoms. The Kier molecular flexibility index (Phi) is 4.40. The quantitative estimate of drug-likeness (QED) is 0.820. The first-order valence-electron chi connectivity index (χ1n) is 6.30. The minimum absolute atomic E-state index is 0.362. The second-order valence-corrected chi connectivity index (χ2v) is 4.39. The normalized spacial score (nSPS) is 15.4. The number of rotatable bonds is 6. The SMILES string of the molecule is CCOCC(O)CCc1ccc2c(c1)CCO2. The van der Waals surface area contributed by atoms with E-state index in [1.165, 1.54) is 11.1 Å². The molecule has 0 fully saturated rings. The van der Waals surface area contributed by atoms with E-state index in [0.717, 1.165) is 31.6 Å². The third-order valence-corrected chi connectivity index (χ3v) is 3.03. The number of aliphatic hydroxyl groups excluding tert-OH is 1. The lowest BCUT2D eigenvalue weighted by molar-refractivity contribution is 0.0384. The fourth-order valence-electron chi connectivity index (χ4n) is 2.07.